The van der Waals surface area contributed by atoms with Crippen LogP contribution in [0.15, 0.2) is 35.7 Å². The first-order valence-electron chi connectivity index (χ1n) is 9.03. The molecular formula is C19H27ClN4S2+2. The predicted molar refractivity (Wildman–Crippen MR) is 115 cm³/mol. The van der Waals surface area contributed by atoms with E-state index in [0.29, 0.717) is 11.2 Å². The molecule has 1 saturated heterocycles. The third-order valence-electron chi connectivity index (χ3n) is 5.02. The number of quaternary nitrogens is 2. The summed E-state index contributed by atoms with van der Waals surface area (Å²) in [4.78, 5) is 4.69. The minimum atomic E-state index is 0.435. The summed E-state index contributed by atoms with van der Waals surface area (Å²) in [6, 6.07) is 10.7. The summed E-state index contributed by atoms with van der Waals surface area (Å²) in [5.74, 6) is 0. The molecule has 0 radical (unpaired) electrons. The van der Waals surface area contributed by atoms with Gasteiger partial charge in [0.15, 0.2) is 5.11 Å². The molecule has 0 unspecified atom stereocenters. The maximum absolute atomic E-state index is 6.20. The van der Waals surface area contributed by atoms with Crippen molar-refractivity contribution >= 4 is 46.0 Å². The molecule has 1 aliphatic heterocycles. The maximum atomic E-state index is 6.20. The molecule has 0 aliphatic carbocycles. The van der Waals surface area contributed by atoms with Gasteiger partial charge in [0.25, 0.3) is 0 Å². The highest BCUT2D eigenvalue weighted by molar-refractivity contribution is 7.80. The first-order chi connectivity index (χ1) is 12.5. The van der Waals surface area contributed by atoms with Crippen LogP contribution >= 0.6 is 35.2 Å². The summed E-state index contributed by atoms with van der Waals surface area (Å²) >= 11 is 13.5. The van der Waals surface area contributed by atoms with Gasteiger partial charge in [0.2, 0.25) is 0 Å². The number of benzene rings is 1. The minimum absolute atomic E-state index is 0.435. The summed E-state index contributed by atoms with van der Waals surface area (Å²) in [5.41, 5.74) is 1.98. The Bertz CT molecular complexity index is 727. The zero-order valence-electron chi connectivity index (χ0n) is 15.3. The second-order valence-corrected chi connectivity index (χ2v) is 8.78. The molecule has 4 N–H and O–H groups in total. The van der Waals surface area contributed by atoms with Crippen molar-refractivity contribution in [3.8, 4) is 0 Å². The zero-order valence-corrected chi connectivity index (χ0v) is 17.7. The number of thiocarbonyl (C=S) groups is 1. The number of nitrogens with one attached hydrogen (secondary N) is 4. The second kappa shape index (κ2) is 9.15. The van der Waals surface area contributed by atoms with Crippen LogP contribution < -0.4 is 20.4 Å². The van der Waals surface area contributed by atoms with Crippen molar-refractivity contribution in [1.82, 2.24) is 5.32 Å². The highest BCUT2D eigenvalue weighted by Gasteiger charge is 2.29. The molecule has 1 aromatic heterocycles. The Morgan fingerprint density at radius 2 is 2.04 bits per heavy atom. The molecule has 26 heavy (non-hydrogen) atoms. The molecule has 0 spiro atoms. The molecule has 1 fully saturated rings. The van der Waals surface area contributed by atoms with Crippen molar-refractivity contribution in [3.63, 3.8) is 0 Å². The number of hydrogen-bond donors (Lipinski definition) is 4. The number of likely N-dealkylation sites (N-methyl/N-ethyl adjacent to an activating group) is 1. The standard InChI is InChI=1S/C19H25ClN4S2/c1-14-5-6-15(12-16(14)20)22-19(25)21-13-17(18-4-3-11-26-18)24-9-7-23(2)8-10-24/h3-6,11-12,17H,7-10,13H2,1-2H3,(H2,21,22,25)/p+2/t17-/m1/s1. The lowest BCUT2D eigenvalue weighted by Gasteiger charge is -2.33. The Morgan fingerprint density at radius 3 is 2.69 bits per heavy atom. The first kappa shape index (κ1) is 19.6. The molecule has 140 valence electrons. The normalized spacial score (nSPS) is 21.2. The fourth-order valence-corrected chi connectivity index (χ4v) is 4.59. The number of thiophene rings is 1. The zero-order chi connectivity index (χ0) is 18.5. The van der Waals surface area contributed by atoms with Crippen LogP contribution in [0.4, 0.5) is 5.69 Å². The topological polar surface area (TPSA) is 32.9 Å². The van der Waals surface area contributed by atoms with Crippen LogP contribution in [0.25, 0.3) is 0 Å². The van der Waals surface area contributed by atoms with Gasteiger partial charge in [-0.1, -0.05) is 23.7 Å². The van der Waals surface area contributed by atoms with Gasteiger partial charge < -0.3 is 20.4 Å². The third kappa shape index (κ3) is 5.18. The van der Waals surface area contributed by atoms with Crippen molar-refractivity contribution < 1.29 is 9.80 Å². The lowest BCUT2D eigenvalue weighted by atomic mass is 10.1. The van der Waals surface area contributed by atoms with Crippen LogP contribution in [0, 0.1) is 6.92 Å². The highest BCUT2D eigenvalue weighted by Crippen LogP contribution is 2.20. The lowest BCUT2D eigenvalue weighted by molar-refractivity contribution is -1.02. The fraction of sp³-hybridized carbons (Fsp3) is 0.421. The Balaban J connectivity index is 1.60. The maximum Gasteiger partial charge on any atom is 0.171 e. The number of rotatable bonds is 5. The Kier molecular flexibility index (Phi) is 6.89. The number of aryl methyl sites for hydroxylation is 1. The van der Waals surface area contributed by atoms with E-state index in [4.69, 9.17) is 23.8 Å². The van der Waals surface area contributed by atoms with Crippen LogP contribution in [0.5, 0.6) is 0 Å². The third-order valence-corrected chi connectivity index (χ3v) is 6.66. The average molecular weight is 411 g/mol. The molecule has 2 heterocycles. The Labute approximate surface area is 170 Å². The van der Waals surface area contributed by atoms with Crippen LogP contribution in [0.3, 0.4) is 0 Å². The first-order valence-corrected chi connectivity index (χ1v) is 10.7. The molecule has 7 heteroatoms. The number of hydrogen-bond acceptors (Lipinski definition) is 2. The predicted octanol–water partition coefficient (Wildman–Crippen LogP) is 1.15. The van der Waals surface area contributed by atoms with E-state index in [-0.39, 0.29) is 0 Å². The van der Waals surface area contributed by atoms with Crippen molar-refractivity contribution in [1.29, 1.82) is 0 Å². The SMILES string of the molecule is Cc1ccc(NC(=S)NC[C@H](c2cccs2)[NH+]2CC[NH+](C)CC2)cc1Cl. The highest BCUT2D eigenvalue weighted by atomic mass is 35.5. The van der Waals surface area contributed by atoms with Gasteiger partial charge in [-0.15, -0.1) is 11.3 Å². The van der Waals surface area contributed by atoms with Gasteiger partial charge in [0, 0.05) is 10.7 Å². The molecule has 0 saturated carbocycles. The molecule has 3 rings (SSSR count). The Morgan fingerprint density at radius 1 is 1.27 bits per heavy atom. The van der Waals surface area contributed by atoms with Crippen molar-refractivity contribution in [2.45, 2.75) is 13.0 Å². The van der Waals surface area contributed by atoms with E-state index in [1.54, 1.807) is 9.80 Å². The molecule has 0 bridgehead atoms. The van der Waals surface area contributed by atoms with Gasteiger partial charge in [-0.25, -0.2) is 0 Å². The minimum Gasteiger partial charge on any atom is -0.356 e. The number of piperazine rings is 1. The molecular weight excluding hydrogens is 384 g/mol. The molecule has 4 nitrogen and oxygen atoms in total. The van der Waals surface area contributed by atoms with Crippen LogP contribution in [-0.2, 0) is 0 Å². The van der Waals surface area contributed by atoms with E-state index in [9.17, 15) is 0 Å². The van der Waals surface area contributed by atoms with Crippen molar-refractivity contribution in [2.24, 2.45) is 0 Å². The summed E-state index contributed by atoms with van der Waals surface area (Å²) in [6.07, 6.45) is 0. The van der Waals surface area contributed by atoms with Gasteiger partial charge in [0.1, 0.15) is 32.2 Å². The van der Waals surface area contributed by atoms with Gasteiger partial charge >= 0.3 is 0 Å². The fourth-order valence-electron chi connectivity index (χ4n) is 3.32. The lowest BCUT2D eigenvalue weighted by Crippen LogP contribution is -3.27. The molecule has 1 aliphatic rings. The van der Waals surface area contributed by atoms with Crippen LogP contribution in [0.1, 0.15) is 16.5 Å². The van der Waals surface area contributed by atoms with Crippen molar-refractivity contribution in [3.05, 3.63) is 51.2 Å². The molecule has 1 atom stereocenters. The number of anilines is 1. The largest absolute Gasteiger partial charge is 0.356 e. The number of halogens is 1. The average Bonchev–Trinajstić information content (AvgIpc) is 3.14. The summed E-state index contributed by atoms with van der Waals surface area (Å²) in [6.45, 7) is 7.67. The van der Waals surface area contributed by atoms with Crippen molar-refractivity contribution in [2.75, 3.05) is 45.1 Å². The molecule has 1 aromatic carbocycles. The van der Waals surface area contributed by atoms with E-state index in [0.717, 1.165) is 22.8 Å². The summed E-state index contributed by atoms with van der Waals surface area (Å²) < 4.78 is 0. The van der Waals surface area contributed by atoms with E-state index < -0.39 is 0 Å². The smallest absolute Gasteiger partial charge is 0.171 e. The van der Waals surface area contributed by atoms with Crippen LogP contribution in [-0.4, -0.2) is 44.9 Å². The van der Waals surface area contributed by atoms with Gasteiger partial charge in [-0.3, -0.25) is 0 Å². The van der Waals surface area contributed by atoms with E-state index >= 15 is 0 Å². The molecule has 0 amide bonds. The van der Waals surface area contributed by atoms with E-state index in [1.807, 2.05) is 36.5 Å². The monoisotopic (exact) mass is 410 g/mol. The van der Waals surface area contributed by atoms with Gasteiger partial charge in [-0.2, -0.15) is 0 Å². The van der Waals surface area contributed by atoms with Gasteiger partial charge in [-0.05, 0) is 48.3 Å². The van der Waals surface area contributed by atoms with Gasteiger partial charge in [0.05, 0.1) is 18.5 Å². The van der Waals surface area contributed by atoms with E-state index in [1.165, 1.54) is 31.1 Å². The summed E-state index contributed by atoms with van der Waals surface area (Å²) in [7, 11) is 2.28. The summed E-state index contributed by atoms with van der Waals surface area (Å²) in [5, 5.41) is 10.2. The molecule has 2 aromatic rings. The van der Waals surface area contributed by atoms with Crippen LogP contribution in [0.2, 0.25) is 5.02 Å². The quantitative estimate of drug-likeness (QED) is 0.558. The second-order valence-electron chi connectivity index (χ2n) is 6.98. The van der Waals surface area contributed by atoms with E-state index in [2.05, 4.69) is 35.2 Å². The Hall–Kier alpha value is -1.18.